The normalized spacial score (nSPS) is 17.9. The van der Waals surface area contributed by atoms with E-state index >= 15 is 0 Å². The van der Waals surface area contributed by atoms with Gasteiger partial charge >= 0.3 is 0 Å². The molecule has 1 aliphatic heterocycles. The number of aliphatic hydroxyl groups is 1. The highest BCUT2D eigenvalue weighted by Crippen LogP contribution is 2.25. The van der Waals surface area contributed by atoms with Gasteiger partial charge in [0.1, 0.15) is 0 Å². The Balaban J connectivity index is 2.13. The van der Waals surface area contributed by atoms with E-state index in [-0.39, 0.29) is 17.2 Å². The largest absolute Gasteiger partial charge is 0.394 e. The molecule has 1 saturated heterocycles. The molecule has 0 atom stereocenters. The van der Waals surface area contributed by atoms with Crippen molar-refractivity contribution in [2.75, 3.05) is 19.8 Å². The fourth-order valence-electron chi connectivity index (χ4n) is 2.31. The lowest BCUT2D eigenvalue weighted by Gasteiger charge is -2.36. The molecule has 1 aliphatic rings. The van der Waals surface area contributed by atoms with Crippen molar-refractivity contribution in [1.29, 1.82) is 0 Å². The van der Waals surface area contributed by atoms with Gasteiger partial charge in [0.2, 0.25) is 0 Å². The first-order valence-electron chi connectivity index (χ1n) is 6.43. The van der Waals surface area contributed by atoms with E-state index in [9.17, 15) is 15.2 Å². The molecule has 1 heterocycles. The third kappa shape index (κ3) is 3.54. The lowest BCUT2D eigenvalue weighted by molar-refractivity contribution is -0.385. The van der Waals surface area contributed by atoms with Crippen LogP contribution in [0.25, 0.3) is 0 Å². The maximum atomic E-state index is 11.0. The van der Waals surface area contributed by atoms with E-state index in [1.807, 2.05) is 0 Å². The topological polar surface area (TPSA) is 84.6 Å². The van der Waals surface area contributed by atoms with E-state index in [4.69, 9.17) is 4.74 Å². The second kappa shape index (κ2) is 6.62. The molecular weight excluding hydrogens is 328 g/mol. The number of rotatable bonds is 5. The predicted octanol–water partition coefficient (Wildman–Crippen LogP) is 1.99. The van der Waals surface area contributed by atoms with Gasteiger partial charge < -0.3 is 15.2 Å². The van der Waals surface area contributed by atoms with Crippen LogP contribution in [-0.2, 0) is 11.3 Å². The maximum absolute atomic E-state index is 11.0. The Hall–Kier alpha value is -1.02. The molecule has 0 amide bonds. The highest BCUT2D eigenvalue weighted by Gasteiger charge is 2.31. The lowest BCUT2D eigenvalue weighted by Crippen LogP contribution is -2.51. The van der Waals surface area contributed by atoms with Gasteiger partial charge in [-0.25, -0.2) is 0 Å². The van der Waals surface area contributed by atoms with Crippen molar-refractivity contribution in [3.8, 4) is 0 Å². The maximum Gasteiger partial charge on any atom is 0.273 e. The number of benzene rings is 1. The summed E-state index contributed by atoms with van der Waals surface area (Å²) >= 11 is 3.32. The Bertz CT molecular complexity index is 489. The molecule has 0 aromatic heterocycles. The smallest absolute Gasteiger partial charge is 0.273 e. The Morgan fingerprint density at radius 1 is 1.45 bits per heavy atom. The van der Waals surface area contributed by atoms with Gasteiger partial charge in [-0.2, -0.15) is 0 Å². The summed E-state index contributed by atoms with van der Waals surface area (Å²) in [6.45, 7) is 1.52. The van der Waals surface area contributed by atoms with Crippen LogP contribution in [0.2, 0.25) is 0 Å². The molecule has 2 rings (SSSR count). The molecule has 2 N–H and O–H groups in total. The first kappa shape index (κ1) is 15.4. The number of halogens is 1. The van der Waals surface area contributed by atoms with Gasteiger partial charge in [-0.15, -0.1) is 0 Å². The zero-order valence-electron chi connectivity index (χ0n) is 11.0. The van der Waals surface area contributed by atoms with Crippen LogP contribution in [-0.4, -0.2) is 35.4 Å². The highest BCUT2D eigenvalue weighted by atomic mass is 79.9. The summed E-state index contributed by atoms with van der Waals surface area (Å²) in [6.07, 6.45) is 1.40. The standard InChI is InChI=1S/C13H17BrN2O4/c14-11-1-2-12(16(18)19)10(7-11)8-15-13(9-17)3-5-20-6-4-13/h1-2,7,15,17H,3-6,8-9H2. The molecule has 1 aromatic carbocycles. The Labute approximate surface area is 125 Å². The van der Waals surface area contributed by atoms with Crippen molar-refractivity contribution in [1.82, 2.24) is 5.32 Å². The number of hydrogen-bond acceptors (Lipinski definition) is 5. The minimum atomic E-state index is -0.408. The van der Waals surface area contributed by atoms with Gasteiger partial charge in [0.15, 0.2) is 0 Å². The van der Waals surface area contributed by atoms with Crippen molar-refractivity contribution in [3.63, 3.8) is 0 Å². The van der Waals surface area contributed by atoms with Crippen LogP contribution in [0, 0.1) is 10.1 Å². The van der Waals surface area contributed by atoms with Crippen LogP contribution in [0.3, 0.4) is 0 Å². The van der Waals surface area contributed by atoms with Crippen LogP contribution >= 0.6 is 15.9 Å². The molecule has 1 aromatic rings. The summed E-state index contributed by atoms with van der Waals surface area (Å²) in [6, 6.07) is 4.87. The number of nitrogens with zero attached hydrogens (tertiary/aromatic N) is 1. The van der Waals surface area contributed by atoms with E-state index in [1.165, 1.54) is 6.07 Å². The van der Waals surface area contributed by atoms with Crippen LogP contribution in [0.5, 0.6) is 0 Å². The van der Waals surface area contributed by atoms with Gasteiger partial charge in [0.25, 0.3) is 5.69 Å². The fraction of sp³-hybridized carbons (Fsp3) is 0.538. The van der Waals surface area contributed by atoms with E-state index in [0.29, 0.717) is 38.2 Å². The van der Waals surface area contributed by atoms with Gasteiger partial charge in [-0.1, -0.05) is 15.9 Å². The fourth-order valence-corrected chi connectivity index (χ4v) is 2.72. The minimum Gasteiger partial charge on any atom is -0.394 e. The van der Waals surface area contributed by atoms with Crippen molar-refractivity contribution in [3.05, 3.63) is 38.3 Å². The molecule has 0 bridgehead atoms. The van der Waals surface area contributed by atoms with Crippen LogP contribution in [0.15, 0.2) is 22.7 Å². The Kier molecular flexibility index (Phi) is 5.09. The van der Waals surface area contributed by atoms with Gasteiger partial charge in [-0.05, 0) is 25.0 Å². The van der Waals surface area contributed by atoms with E-state index < -0.39 is 5.54 Å². The molecule has 0 unspecified atom stereocenters. The van der Waals surface area contributed by atoms with E-state index in [1.54, 1.807) is 12.1 Å². The summed E-state index contributed by atoms with van der Waals surface area (Å²) in [5, 5.41) is 23.9. The molecule has 6 nitrogen and oxygen atoms in total. The number of aliphatic hydroxyl groups excluding tert-OH is 1. The monoisotopic (exact) mass is 344 g/mol. The average Bonchev–Trinajstić information content (AvgIpc) is 2.46. The average molecular weight is 345 g/mol. The van der Waals surface area contributed by atoms with Crippen molar-refractivity contribution >= 4 is 21.6 Å². The summed E-state index contributed by atoms with van der Waals surface area (Å²) in [4.78, 5) is 10.6. The lowest BCUT2D eigenvalue weighted by atomic mass is 9.90. The molecule has 0 saturated carbocycles. The number of nitro benzene ring substituents is 1. The van der Waals surface area contributed by atoms with Crippen molar-refractivity contribution in [2.45, 2.75) is 24.9 Å². The van der Waals surface area contributed by atoms with E-state index in [2.05, 4.69) is 21.2 Å². The molecule has 0 aliphatic carbocycles. The van der Waals surface area contributed by atoms with Gasteiger partial charge in [0, 0.05) is 41.4 Å². The van der Waals surface area contributed by atoms with Gasteiger partial charge in [0.05, 0.1) is 11.5 Å². The number of nitro groups is 1. The minimum absolute atomic E-state index is 0.00182. The third-order valence-electron chi connectivity index (χ3n) is 3.64. The summed E-state index contributed by atoms with van der Waals surface area (Å²) < 4.78 is 6.09. The third-order valence-corrected chi connectivity index (χ3v) is 4.14. The molecule has 1 fully saturated rings. The molecule has 110 valence electrons. The molecule has 20 heavy (non-hydrogen) atoms. The molecule has 7 heteroatoms. The summed E-state index contributed by atoms with van der Waals surface area (Å²) in [5.74, 6) is 0. The second-order valence-electron chi connectivity index (χ2n) is 4.93. The Morgan fingerprint density at radius 3 is 2.75 bits per heavy atom. The predicted molar refractivity (Wildman–Crippen MR) is 77.5 cm³/mol. The quantitative estimate of drug-likeness (QED) is 0.630. The van der Waals surface area contributed by atoms with E-state index in [0.717, 1.165) is 4.47 Å². The first-order valence-corrected chi connectivity index (χ1v) is 7.22. The SMILES string of the molecule is O=[N+]([O-])c1ccc(Br)cc1CNC1(CO)CCOCC1. The molecule has 0 spiro atoms. The summed E-state index contributed by atoms with van der Waals surface area (Å²) in [5.41, 5.74) is 0.276. The number of hydrogen-bond donors (Lipinski definition) is 2. The van der Waals surface area contributed by atoms with Gasteiger partial charge in [-0.3, -0.25) is 10.1 Å². The second-order valence-corrected chi connectivity index (χ2v) is 5.85. The number of ether oxygens (including phenoxy) is 1. The summed E-state index contributed by atoms with van der Waals surface area (Å²) in [7, 11) is 0. The zero-order valence-corrected chi connectivity index (χ0v) is 12.6. The zero-order chi connectivity index (χ0) is 14.6. The molecule has 0 radical (unpaired) electrons. The van der Waals surface area contributed by atoms with Crippen LogP contribution in [0.4, 0.5) is 5.69 Å². The van der Waals surface area contributed by atoms with Crippen molar-refractivity contribution in [2.24, 2.45) is 0 Å². The first-order chi connectivity index (χ1) is 9.56. The Morgan fingerprint density at radius 2 is 2.15 bits per heavy atom. The number of nitrogens with one attached hydrogen (secondary N) is 1. The molecular formula is C13H17BrN2O4. The van der Waals surface area contributed by atoms with Crippen molar-refractivity contribution < 1.29 is 14.8 Å². The van der Waals surface area contributed by atoms with Crippen LogP contribution in [0.1, 0.15) is 18.4 Å². The van der Waals surface area contributed by atoms with Crippen LogP contribution < -0.4 is 5.32 Å². The highest BCUT2D eigenvalue weighted by molar-refractivity contribution is 9.10.